The van der Waals surface area contributed by atoms with Gasteiger partial charge in [-0.1, -0.05) is 19.9 Å². The molecular weight excluding hydrogens is 184 g/mol. The number of allylic oxidation sites excluding steroid dienone is 1. The summed E-state index contributed by atoms with van der Waals surface area (Å²) >= 11 is 0. The summed E-state index contributed by atoms with van der Waals surface area (Å²) in [4.78, 5) is 0. The summed E-state index contributed by atoms with van der Waals surface area (Å²) in [5, 5.41) is 0. The number of sulfone groups is 1. The predicted octanol–water partition coefficient (Wildman–Crippen LogP) is 2.02. The molecule has 3 heteroatoms. The first-order valence-electron chi connectivity index (χ1n) is 4.76. The molecule has 0 amide bonds. The number of hydrogen-bond donors (Lipinski definition) is 0. The van der Waals surface area contributed by atoms with Crippen LogP contribution in [-0.2, 0) is 9.84 Å². The van der Waals surface area contributed by atoms with Gasteiger partial charge in [-0.3, -0.25) is 0 Å². The summed E-state index contributed by atoms with van der Waals surface area (Å²) in [6, 6.07) is 0. The third-order valence-electron chi connectivity index (χ3n) is 3.31. The molecule has 1 fully saturated rings. The largest absolute Gasteiger partial charge is 0.229 e. The highest BCUT2D eigenvalue weighted by atomic mass is 32.2. The number of rotatable bonds is 2. The Labute approximate surface area is 81.0 Å². The molecule has 1 heterocycles. The fourth-order valence-corrected chi connectivity index (χ4v) is 3.52. The average molecular weight is 202 g/mol. The van der Waals surface area contributed by atoms with E-state index in [9.17, 15) is 8.42 Å². The maximum absolute atomic E-state index is 11.2. The van der Waals surface area contributed by atoms with Gasteiger partial charge in [-0.2, -0.15) is 0 Å². The SMILES string of the molecule is C=CC1(C(C)C)CCS(=O)(=O)CC1. The molecule has 1 aliphatic rings. The molecule has 0 bridgehead atoms. The van der Waals surface area contributed by atoms with Crippen molar-refractivity contribution in [3.8, 4) is 0 Å². The molecule has 0 aromatic heterocycles. The van der Waals surface area contributed by atoms with Crippen LogP contribution in [0, 0.1) is 11.3 Å². The molecule has 0 radical (unpaired) electrons. The Balaban J connectivity index is 2.80. The Hall–Kier alpha value is -0.310. The van der Waals surface area contributed by atoms with Gasteiger partial charge in [-0.15, -0.1) is 6.58 Å². The summed E-state index contributed by atoms with van der Waals surface area (Å²) in [7, 11) is -2.75. The Bertz CT molecular complexity index is 274. The molecular formula is C10H18O2S. The fourth-order valence-electron chi connectivity index (χ4n) is 1.94. The van der Waals surface area contributed by atoms with Gasteiger partial charge in [-0.05, 0) is 24.2 Å². The van der Waals surface area contributed by atoms with E-state index >= 15 is 0 Å². The van der Waals surface area contributed by atoms with Crippen molar-refractivity contribution in [2.45, 2.75) is 26.7 Å². The normalized spacial score (nSPS) is 25.8. The minimum Gasteiger partial charge on any atom is -0.229 e. The van der Waals surface area contributed by atoms with E-state index in [1.54, 1.807) is 0 Å². The molecule has 2 nitrogen and oxygen atoms in total. The monoisotopic (exact) mass is 202 g/mol. The molecule has 0 unspecified atom stereocenters. The van der Waals surface area contributed by atoms with Crippen molar-refractivity contribution in [2.75, 3.05) is 11.5 Å². The van der Waals surface area contributed by atoms with Crippen LogP contribution >= 0.6 is 0 Å². The average Bonchev–Trinajstić information content (AvgIpc) is 2.05. The quantitative estimate of drug-likeness (QED) is 0.642. The van der Waals surface area contributed by atoms with Crippen molar-refractivity contribution in [3.63, 3.8) is 0 Å². The first-order valence-corrected chi connectivity index (χ1v) is 6.58. The highest BCUT2D eigenvalue weighted by Crippen LogP contribution is 2.40. The van der Waals surface area contributed by atoms with Crippen LogP contribution in [-0.4, -0.2) is 19.9 Å². The maximum Gasteiger partial charge on any atom is 0.150 e. The van der Waals surface area contributed by atoms with E-state index < -0.39 is 9.84 Å². The molecule has 1 saturated heterocycles. The second-order valence-corrected chi connectivity index (χ2v) is 6.55. The first-order chi connectivity index (χ1) is 5.92. The smallest absolute Gasteiger partial charge is 0.150 e. The molecule has 0 N–H and O–H groups in total. The topological polar surface area (TPSA) is 34.1 Å². The molecule has 0 atom stereocenters. The van der Waals surface area contributed by atoms with E-state index in [0.29, 0.717) is 17.4 Å². The Morgan fingerprint density at radius 1 is 1.31 bits per heavy atom. The minimum atomic E-state index is -2.75. The first kappa shape index (κ1) is 10.8. The second-order valence-electron chi connectivity index (χ2n) is 4.24. The van der Waals surface area contributed by atoms with E-state index in [-0.39, 0.29) is 5.41 Å². The van der Waals surface area contributed by atoms with E-state index in [2.05, 4.69) is 20.4 Å². The highest BCUT2D eigenvalue weighted by molar-refractivity contribution is 7.91. The van der Waals surface area contributed by atoms with Gasteiger partial charge in [-0.25, -0.2) is 8.42 Å². The van der Waals surface area contributed by atoms with Crippen LogP contribution in [0.15, 0.2) is 12.7 Å². The summed E-state index contributed by atoms with van der Waals surface area (Å²) < 4.78 is 22.5. The van der Waals surface area contributed by atoms with Crippen molar-refractivity contribution < 1.29 is 8.42 Å². The lowest BCUT2D eigenvalue weighted by molar-refractivity contribution is 0.239. The molecule has 0 aliphatic carbocycles. The summed E-state index contributed by atoms with van der Waals surface area (Å²) in [5.41, 5.74) is 0.0608. The van der Waals surface area contributed by atoms with Crippen molar-refractivity contribution >= 4 is 9.84 Å². The number of hydrogen-bond acceptors (Lipinski definition) is 2. The molecule has 76 valence electrons. The van der Waals surface area contributed by atoms with Gasteiger partial charge in [0, 0.05) is 0 Å². The van der Waals surface area contributed by atoms with Crippen LogP contribution in [0.1, 0.15) is 26.7 Å². The molecule has 0 saturated carbocycles. The van der Waals surface area contributed by atoms with Crippen LogP contribution in [0.2, 0.25) is 0 Å². The van der Waals surface area contributed by atoms with E-state index in [1.807, 2.05) is 6.08 Å². The fraction of sp³-hybridized carbons (Fsp3) is 0.800. The molecule has 1 aliphatic heterocycles. The zero-order valence-electron chi connectivity index (χ0n) is 8.41. The van der Waals surface area contributed by atoms with Gasteiger partial charge in [0.1, 0.15) is 9.84 Å². The zero-order chi connectivity index (χ0) is 10.1. The second kappa shape index (κ2) is 3.45. The summed E-state index contributed by atoms with van der Waals surface area (Å²) in [5.74, 6) is 1.15. The van der Waals surface area contributed by atoms with Crippen molar-refractivity contribution in [1.29, 1.82) is 0 Å². The molecule has 1 rings (SSSR count). The third-order valence-corrected chi connectivity index (χ3v) is 4.97. The zero-order valence-corrected chi connectivity index (χ0v) is 9.23. The standard InChI is InChI=1S/C10H18O2S/c1-4-10(9(2)3)5-7-13(11,12)8-6-10/h4,9H,1,5-8H2,2-3H3. The lowest BCUT2D eigenvalue weighted by Gasteiger charge is -2.37. The van der Waals surface area contributed by atoms with Gasteiger partial charge in [0.2, 0.25) is 0 Å². The summed E-state index contributed by atoms with van der Waals surface area (Å²) in [6.45, 7) is 8.11. The van der Waals surface area contributed by atoms with Crippen LogP contribution in [0.5, 0.6) is 0 Å². The Morgan fingerprint density at radius 3 is 2.08 bits per heavy atom. The lowest BCUT2D eigenvalue weighted by atomic mass is 9.73. The minimum absolute atomic E-state index is 0.0608. The molecule has 0 aromatic rings. The van der Waals surface area contributed by atoms with Crippen LogP contribution in [0.25, 0.3) is 0 Å². The van der Waals surface area contributed by atoms with Gasteiger partial charge in [0.05, 0.1) is 11.5 Å². The van der Waals surface area contributed by atoms with Crippen molar-refractivity contribution in [2.24, 2.45) is 11.3 Å². The maximum atomic E-state index is 11.2. The van der Waals surface area contributed by atoms with Crippen LogP contribution in [0.3, 0.4) is 0 Å². The van der Waals surface area contributed by atoms with Gasteiger partial charge >= 0.3 is 0 Å². The van der Waals surface area contributed by atoms with Gasteiger partial charge in [0.25, 0.3) is 0 Å². The molecule has 0 aromatic carbocycles. The van der Waals surface area contributed by atoms with E-state index in [0.717, 1.165) is 12.8 Å². The van der Waals surface area contributed by atoms with Crippen molar-refractivity contribution in [3.05, 3.63) is 12.7 Å². The molecule has 0 spiro atoms. The lowest BCUT2D eigenvalue weighted by Crippen LogP contribution is -2.35. The van der Waals surface area contributed by atoms with E-state index in [4.69, 9.17) is 0 Å². The third kappa shape index (κ3) is 2.13. The Kier molecular flexibility index (Phi) is 2.85. The van der Waals surface area contributed by atoms with E-state index in [1.165, 1.54) is 0 Å². The van der Waals surface area contributed by atoms with Crippen LogP contribution in [0.4, 0.5) is 0 Å². The predicted molar refractivity (Wildman–Crippen MR) is 55.4 cm³/mol. The van der Waals surface area contributed by atoms with Gasteiger partial charge in [0.15, 0.2) is 0 Å². The Morgan fingerprint density at radius 2 is 1.77 bits per heavy atom. The van der Waals surface area contributed by atoms with Gasteiger partial charge < -0.3 is 0 Å². The summed E-state index contributed by atoms with van der Waals surface area (Å²) in [6.07, 6.45) is 3.44. The highest BCUT2D eigenvalue weighted by Gasteiger charge is 2.36. The van der Waals surface area contributed by atoms with Crippen LogP contribution < -0.4 is 0 Å². The van der Waals surface area contributed by atoms with Crippen molar-refractivity contribution in [1.82, 2.24) is 0 Å². The molecule has 13 heavy (non-hydrogen) atoms.